The summed E-state index contributed by atoms with van der Waals surface area (Å²) in [6, 6.07) is 11.7. The monoisotopic (exact) mass is 406 g/mol. The summed E-state index contributed by atoms with van der Waals surface area (Å²) in [4.78, 5) is 10.9. The number of pyridine rings is 1. The first-order valence-corrected chi connectivity index (χ1v) is 9.59. The maximum absolute atomic E-state index is 10.9. The van der Waals surface area contributed by atoms with Crippen LogP contribution in [0.4, 0.5) is 0 Å². The van der Waals surface area contributed by atoms with Crippen molar-refractivity contribution in [2.24, 2.45) is 7.05 Å². The third kappa shape index (κ3) is 2.90. The molecule has 7 heteroatoms. The minimum Gasteiger partial charge on any atom is -0.504 e. The molecule has 0 unspecified atom stereocenters. The standard InChI is InChI=1S/C23H19NO6/c1-13(25)27-7-8-28-19-6-5-15-16-4-3-14-9-20-21(30-12-29-20)10-17(14)22(16)24(2)11-18(15)23(19)26/h3-6,9-11H,7-8,12H2,1-2H3/p+1. The van der Waals surface area contributed by atoms with Gasteiger partial charge in [-0.2, -0.15) is 4.57 Å². The van der Waals surface area contributed by atoms with Crippen molar-refractivity contribution in [2.75, 3.05) is 20.0 Å². The van der Waals surface area contributed by atoms with Gasteiger partial charge >= 0.3 is 5.97 Å². The number of carbonyl (C=O) groups excluding carboxylic acids is 1. The third-order valence-electron chi connectivity index (χ3n) is 5.28. The predicted molar refractivity (Wildman–Crippen MR) is 110 cm³/mol. The van der Waals surface area contributed by atoms with Gasteiger partial charge in [-0.05, 0) is 35.7 Å². The highest BCUT2D eigenvalue weighted by Gasteiger charge is 2.21. The van der Waals surface area contributed by atoms with Gasteiger partial charge in [0.15, 0.2) is 29.2 Å². The van der Waals surface area contributed by atoms with Gasteiger partial charge in [-0.15, -0.1) is 0 Å². The summed E-state index contributed by atoms with van der Waals surface area (Å²) < 4.78 is 23.5. The highest BCUT2D eigenvalue weighted by atomic mass is 16.7. The molecule has 30 heavy (non-hydrogen) atoms. The molecule has 0 atom stereocenters. The number of aryl methyl sites for hydroxylation is 1. The van der Waals surface area contributed by atoms with E-state index >= 15 is 0 Å². The first-order valence-electron chi connectivity index (χ1n) is 9.59. The van der Waals surface area contributed by atoms with Crippen molar-refractivity contribution in [3.8, 4) is 23.0 Å². The van der Waals surface area contributed by atoms with Crippen LogP contribution < -0.4 is 18.8 Å². The van der Waals surface area contributed by atoms with Gasteiger partial charge in [-0.1, -0.05) is 6.07 Å². The van der Waals surface area contributed by atoms with E-state index in [1.807, 2.05) is 48.1 Å². The van der Waals surface area contributed by atoms with Crippen LogP contribution in [-0.4, -0.2) is 31.1 Å². The van der Waals surface area contributed by atoms with Crippen molar-refractivity contribution in [1.82, 2.24) is 0 Å². The number of aromatic hydroxyl groups is 1. The lowest BCUT2D eigenvalue weighted by molar-refractivity contribution is -0.642. The van der Waals surface area contributed by atoms with E-state index in [4.69, 9.17) is 18.9 Å². The van der Waals surface area contributed by atoms with Crippen molar-refractivity contribution in [3.63, 3.8) is 0 Å². The van der Waals surface area contributed by atoms with Crippen LogP contribution in [0.15, 0.2) is 42.6 Å². The summed E-state index contributed by atoms with van der Waals surface area (Å²) in [6.07, 6.45) is 1.88. The van der Waals surface area contributed by atoms with E-state index in [0.29, 0.717) is 11.1 Å². The Morgan fingerprint density at radius 3 is 2.60 bits per heavy atom. The van der Waals surface area contributed by atoms with E-state index in [1.54, 1.807) is 6.07 Å². The number of esters is 1. The van der Waals surface area contributed by atoms with Gasteiger partial charge in [0.1, 0.15) is 20.3 Å². The molecule has 7 nitrogen and oxygen atoms in total. The van der Waals surface area contributed by atoms with Crippen molar-refractivity contribution in [2.45, 2.75) is 6.92 Å². The number of rotatable bonds is 4. The maximum Gasteiger partial charge on any atom is 0.302 e. The van der Waals surface area contributed by atoms with Crippen LogP contribution >= 0.6 is 0 Å². The normalized spacial score (nSPS) is 12.6. The largest absolute Gasteiger partial charge is 0.504 e. The van der Waals surface area contributed by atoms with E-state index in [9.17, 15) is 9.90 Å². The summed E-state index contributed by atoms with van der Waals surface area (Å²) in [5.41, 5.74) is 1.03. The van der Waals surface area contributed by atoms with Gasteiger partial charge < -0.3 is 24.1 Å². The summed E-state index contributed by atoms with van der Waals surface area (Å²) >= 11 is 0. The second-order valence-corrected chi connectivity index (χ2v) is 7.19. The van der Waals surface area contributed by atoms with Crippen molar-refractivity contribution >= 4 is 38.4 Å². The predicted octanol–water partition coefficient (Wildman–Crippen LogP) is 3.35. The molecule has 1 aliphatic heterocycles. The topological polar surface area (TPSA) is 78.1 Å². The van der Waals surface area contributed by atoms with Crippen LogP contribution in [-0.2, 0) is 16.6 Å². The van der Waals surface area contributed by atoms with Gasteiger partial charge in [0.2, 0.25) is 12.3 Å². The molecule has 3 aromatic carbocycles. The van der Waals surface area contributed by atoms with E-state index < -0.39 is 0 Å². The van der Waals surface area contributed by atoms with Crippen molar-refractivity contribution in [1.29, 1.82) is 0 Å². The first-order chi connectivity index (χ1) is 14.5. The van der Waals surface area contributed by atoms with Crippen molar-refractivity contribution < 1.29 is 33.4 Å². The lowest BCUT2D eigenvalue weighted by Crippen LogP contribution is -2.28. The molecule has 1 aliphatic rings. The molecule has 2 heterocycles. The van der Waals surface area contributed by atoms with Gasteiger partial charge in [0, 0.05) is 12.3 Å². The van der Waals surface area contributed by atoms with Gasteiger partial charge in [-0.25, -0.2) is 0 Å². The molecule has 5 rings (SSSR count). The number of carbonyl (C=O) groups is 1. The molecular weight excluding hydrogens is 386 g/mol. The van der Waals surface area contributed by atoms with E-state index in [0.717, 1.165) is 38.6 Å². The SMILES string of the molecule is CC(=O)OCCOc1ccc2c(c[n+](C)c3c4cc5c(cc4ccc23)OCO5)c1O. The zero-order valence-corrected chi connectivity index (χ0v) is 16.6. The summed E-state index contributed by atoms with van der Waals surface area (Å²) in [5.74, 6) is 1.51. The minimum absolute atomic E-state index is 0.0543. The van der Waals surface area contributed by atoms with E-state index in [2.05, 4.69) is 0 Å². The number of ether oxygens (including phenoxy) is 4. The molecule has 0 spiro atoms. The quantitative estimate of drug-likeness (QED) is 0.242. The second kappa shape index (κ2) is 6.95. The summed E-state index contributed by atoms with van der Waals surface area (Å²) in [5, 5.41) is 15.5. The Balaban J connectivity index is 1.63. The molecule has 0 aliphatic carbocycles. The molecule has 0 amide bonds. The molecular formula is C23H20NO6+. The van der Waals surface area contributed by atoms with Gasteiger partial charge in [-0.3, -0.25) is 4.79 Å². The Morgan fingerprint density at radius 2 is 1.80 bits per heavy atom. The minimum atomic E-state index is -0.366. The smallest absolute Gasteiger partial charge is 0.302 e. The van der Waals surface area contributed by atoms with Crippen LogP contribution in [0, 0.1) is 0 Å². The average molecular weight is 406 g/mol. The molecule has 1 N–H and O–H groups in total. The third-order valence-corrected chi connectivity index (χ3v) is 5.28. The Labute approximate surface area is 171 Å². The van der Waals surface area contributed by atoms with E-state index in [1.165, 1.54) is 6.92 Å². The van der Waals surface area contributed by atoms with Crippen LogP contribution in [0.1, 0.15) is 6.92 Å². The molecule has 0 saturated carbocycles. The Hall–Kier alpha value is -3.74. The molecule has 1 aromatic heterocycles. The van der Waals surface area contributed by atoms with Gasteiger partial charge in [0.25, 0.3) is 0 Å². The second-order valence-electron chi connectivity index (χ2n) is 7.19. The van der Waals surface area contributed by atoms with E-state index in [-0.39, 0.29) is 31.7 Å². The van der Waals surface area contributed by atoms with Crippen LogP contribution in [0.5, 0.6) is 23.0 Å². The number of hydrogen-bond acceptors (Lipinski definition) is 6. The molecule has 0 saturated heterocycles. The fourth-order valence-electron chi connectivity index (χ4n) is 3.96. The number of aromatic nitrogens is 1. The number of phenolic OH excluding ortho intramolecular Hbond substituents is 1. The average Bonchev–Trinajstić information content (AvgIpc) is 3.18. The number of benzene rings is 3. The molecule has 0 bridgehead atoms. The van der Waals surface area contributed by atoms with Gasteiger partial charge in [0.05, 0.1) is 16.2 Å². The number of hydrogen-bond donors (Lipinski definition) is 1. The lowest BCUT2D eigenvalue weighted by Gasteiger charge is -2.11. The molecule has 152 valence electrons. The van der Waals surface area contributed by atoms with Crippen LogP contribution in [0.3, 0.4) is 0 Å². The maximum atomic E-state index is 10.9. The number of phenols is 1. The highest BCUT2D eigenvalue weighted by Crippen LogP contribution is 2.41. The molecule has 0 fully saturated rings. The Morgan fingerprint density at radius 1 is 1.03 bits per heavy atom. The summed E-state index contributed by atoms with van der Waals surface area (Å²) in [7, 11) is 1.94. The van der Waals surface area contributed by atoms with Crippen molar-refractivity contribution in [3.05, 3.63) is 42.6 Å². The Bertz CT molecular complexity index is 1330. The highest BCUT2D eigenvalue weighted by molar-refractivity contribution is 6.15. The number of nitrogens with zero attached hydrogens (tertiary/aromatic N) is 1. The molecule has 4 aromatic rings. The Kier molecular flexibility index (Phi) is 4.24. The van der Waals surface area contributed by atoms with Crippen LogP contribution in [0.25, 0.3) is 32.4 Å². The van der Waals surface area contributed by atoms with Crippen LogP contribution in [0.2, 0.25) is 0 Å². The zero-order chi connectivity index (χ0) is 20.8. The fourth-order valence-corrected chi connectivity index (χ4v) is 3.96. The lowest BCUT2D eigenvalue weighted by atomic mass is 10.00. The summed E-state index contributed by atoms with van der Waals surface area (Å²) in [6.45, 7) is 1.86. The first kappa shape index (κ1) is 18.3. The zero-order valence-electron chi connectivity index (χ0n) is 16.6. The number of fused-ring (bicyclic) bond motifs is 6. The fraction of sp³-hybridized carbons (Fsp3) is 0.217. The molecule has 0 radical (unpaired) electrons.